The minimum atomic E-state index is -0.423. The van der Waals surface area contributed by atoms with Crippen LogP contribution in [0.15, 0.2) is 27.8 Å². The summed E-state index contributed by atoms with van der Waals surface area (Å²) < 4.78 is 21.2. The Morgan fingerprint density at radius 3 is 2.97 bits per heavy atom. The summed E-state index contributed by atoms with van der Waals surface area (Å²) >= 11 is 2.56. The third-order valence-electron chi connectivity index (χ3n) is 4.92. The highest BCUT2D eigenvalue weighted by atomic mass is 32.2. The molecule has 0 atom stereocenters. The van der Waals surface area contributed by atoms with E-state index in [1.54, 1.807) is 18.2 Å². The van der Waals surface area contributed by atoms with Gasteiger partial charge in [-0.05, 0) is 43.0 Å². The van der Waals surface area contributed by atoms with Gasteiger partial charge in [-0.1, -0.05) is 11.8 Å². The van der Waals surface area contributed by atoms with Gasteiger partial charge in [-0.15, -0.1) is 21.5 Å². The fraction of sp³-hybridized carbons (Fsp3) is 0.300. The van der Waals surface area contributed by atoms with Gasteiger partial charge in [0, 0.05) is 10.4 Å². The van der Waals surface area contributed by atoms with Gasteiger partial charge < -0.3 is 23.9 Å². The van der Waals surface area contributed by atoms with Gasteiger partial charge in [0.2, 0.25) is 18.6 Å². The first kappa shape index (κ1) is 19.9. The van der Waals surface area contributed by atoms with Crippen LogP contribution in [0.2, 0.25) is 0 Å². The molecular weight excluding hydrogens is 442 g/mol. The molecule has 11 heteroatoms. The fourth-order valence-electron chi connectivity index (χ4n) is 3.51. The van der Waals surface area contributed by atoms with Crippen molar-refractivity contribution in [1.82, 2.24) is 10.2 Å². The fourth-order valence-corrected chi connectivity index (χ4v) is 5.37. The lowest BCUT2D eigenvalue weighted by Gasteiger charge is -2.06. The molecule has 0 saturated carbocycles. The van der Waals surface area contributed by atoms with Crippen molar-refractivity contribution < 1.29 is 28.2 Å². The van der Waals surface area contributed by atoms with E-state index in [1.807, 2.05) is 0 Å². The van der Waals surface area contributed by atoms with E-state index in [-0.39, 0.29) is 23.7 Å². The van der Waals surface area contributed by atoms with Crippen molar-refractivity contribution in [3.05, 3.63) is 34.2 Å². The summed E-state index contributed by atoms with van der Waals surface area (Å²) in [7, 11) is 1.34. The molecule has 3 heterocycles. The summed E-state index contributed by atoms with van der Waals surface area (Å²) in [5.74, 6) is 0.981. The quantitative estimate of drug-likeness (QED) is 0.437. The molecule has 0 spiro atoms. The molecule has 2 aliphatic rings. The zero-order valence-electron chi connectivity index (χ0n) is 16.4. The zero-order valence-corrected chi connectivity index (χ0v) is 18.1. The molecule has 0 radical (unpaired) electrons. The SMILES string of the molecule is COC(=O)c1c(NC(=O)CSc2nnc(-c3ccc4c(c3)OCO4)o2)sc2c1CCC2. The van der Waals surface area contributed by atoms with Crippen molar-refractivity contribution in [1.29, 1.82) is 0 Å². The number of amides is 1. The molecule has 3 aromatic rings. The lowest BCUT2D eigenvalue weighted by Crippen LogP contribution is -2.16. The van der Waals surface area contributed by atoms with E-state index in [2.05, 4.69) is 15.5 Å². The summed E-state index contributed by atoms with van der Waals surface area (Å²) in [5.41, 5.74) is 2.16. The van der Waals surface area contributed by atoms with Crippen molar-refractivity contribution in [2.75, 3.05) is 25.0 Å². The Bertz CT molecular complexity index is 1170. The first-order valence-corrected chi connectivity index (χ1v) is 11.3. The van der Waals surface area contributed by atoms with Crippen LogP contribution >= 0.6 is 23.1 Å². The van der Waals surface area contributed by atoms with Crippen LogP contribution in [0.3, 0.4) is 0 Å². The largest absolute Gasteiger partial charge is 0.465 e. The second kappa shape index (κ2) is 8.23. The molecule has 1 aromatic carbocycles. The number of nitrogens with zero attached hydrogens (tertiary/aromatic N) is 2. The Balaban J connectivity index is 1.24. The number of benzene rings is 1. The van der Waals surface area contributed by atoms with Crippen LogP contribution in [0.5, 0.6) is 11.5 Å². The maximum Gasteiger partial charge on any atom is 0.341 e. The summed E-state index contributed by atoms with van der Waals surface area (Å²) in [6.07, 6.45) is 2.75. The first-order valence-electron chi connectivity index (χ1n) is 9.51. The van der Waals surface area contributed by atoms with Gasteiger partial charge in [0.15, 0.2) is 11.5 Å². The molecule has 1 aliphatic heterocycles. The van der Waals surface area contributed by atoms with Gasteiger partial charge >= 0.3 is 5.97 Å². The highest BCUT2D eigenvalue weighted by molar-refractivity contribution is 7.99. The van der Waals surface area contributed by atoms with Crippen molar-refractivity contribution in [2.24, 2.45) is 0 Å². The summed E-state index contributed by atoms with van der Waals surface area (Å²) in [4.78, 5) is 25.8. The van der Waals surface area contributed by atoms with Crippen LogP contribution < -0.4 is 14.8 Å². The number of carbonyl (C=O) groups excluding carboxylic acids is 2. The average molecular weight is 460 g/mol. The summed E-state index contributed by atoms with van der Waals surface area (Å²) in [6.45, 7) is 0.184. The molecule has 1 N–H and O–H groups in total. The number of anilines is 1. The van der Waals surface area contributed by atoms with E-state index in [0.29, 0.717) is 33.5 Å². The number of esters is 1. The van der Waals surface area contributed by atoms with E-state index < -0.39 is 5.97 Å². The minimum Gasteiger partial charge on any atom is -0.465 e. The summed E-state index contributed by atoms with van der Waals surface area (Å²) in [6, 6.07) is 5.34. The van der Waals surface area contributed by atoms with Crippen molar-refractivity contribution in [3.8, 4) is 23.0 Å². The maximum atomic E-state index is 12.5. The lowest BCUT2D eigenvalue weighted by molar-refractivity contribution is -0.113. The van der Waals surface area contributed by atoms with Crippen LogP contribution in [0, 0.1) is 0 Å². The molecule has 9 nitrogen and oxygen atoms in total. The normalized spacial score (nSPS) is 13.8. The van der Waals surface area contributed by atoms with Crippen LogP contribution in [0.25, 0.3) is 11.5 Å². The molecule has 160 valence electrons. The number of carbonyl (C=O) groups is 2. The van der Waals surface area contributed by atoms with E-state index in [4.69, 9.17) is 18.6 Å². The number of ether oxygens (including phenoxy) is 3. The number of hydrogen-bond acceptors (Lipinski definition) is 10. The monoisotopic (exact) mass is 459 g/mol. The molecule has 2 aromatic heterocycles. The van der Waals surface area contributed by atoms with Gasteiger partial charge in [0.05, 0.1) is 18.4 Å². The molecule has 0 fully saturated rings. The van der Waals surface area contributed by atoms with E-state index in [0.717, 1.165) is 41.5 Å². The highest BCUT2D eigenvalue weighted by Gasteiger charge is 2.28. The van der Waals surface area contributed by atoms with Crippen LogP contribution in [-0.4, -0.2) is 41.7 Å². The van der Waals surface area contributed by atoms with E-state index in [1.165, 1.54) is 18.4 Å². The van der Waals surface area contributed by atoms with Crippen molar-refractivity contribution in [2.45, 2.75) is 24.5 Å². The standard InChI is InChI=1S/C20H17N3O6S2/c1-26-19(25)16-11-3-2-4-14(11)31-18(16)21-15(24)8-30-20-23-22-17(29-20)10-5-6-12-13(7-10)28-9-27-12/h5-7H,2-4,8-9H2,1H3,(H,21,24). The third-order valence-corrected chi connectivity index (χ3v) is 6.94. The Hall–Kier alpha value is -3.05. The lowest BCUT2D eigenvalue weighted by atomic mass is 10.1. The highest BCUT2D eigenvalue weighted by Crippen LogP contribution is 2.40. The van der Waals surface area contributed by atoms with E-state index >= 15 is 0 Å². The third kappa shape index (κ3) is 3.86. The number of methoxy groups -OCH3 is 1. The second-order valence-corrected chi connectivity index (χ2v) is 8.86. The van der Waals surface area contributed by atoms with Crippen LogP contribution in [-0.2, 0) is 22.4 Å². The Kier molecular flexibility index (Phi) is 5.28. The number of thiophene rings is 1. The number of aryl methyl sites for hydroxylation is 1. The smallest absolute Gasteiger partial charge is 0.341 e. The Morgan fingerprint density at radius 1 is 1.23 bits per heavy atom. The molecule has 31 heavy (non-hydrogen) atoms. The predicted octanol–water partition coefficient (Wildman–Crippen LogP) is 3.53. The second-order valence-electron chi connectivity index (χ2n) is 6.83. The number of nitrogens with one attached hydrogen (secondary N) is 1. The van der Waals surface area contributed by atoms with Gasteiger partial charge in [0.25, 0.3) is 5.22 Å². The van der Waals surface area contributed by atoms with Gasteiger partial charge in [-0.25, -0.2) is 4.79 Å². The number of rotatable bonds is 6. The number of fused-ring (bicyclic) bond motifs is 2. The Labute approximate surface area is 185 Å². The molecule has 0 bridgehead atoms. The van der Waals surface area contributed by atoms with Gasteiger partial charge in [-0.2, -0.15) is 0 Å². The summed E-state index contributed by atoms with van der Waals surface area (Å²) in [5, 5.41) is 11.7. The minimum absolute atomic E-state index is 0.0615. The molecule has 0 saturated heterocycles. The number of hydrogen-bond donors (Lipinski definition) is 1. The Morgan fingerprint density at radius 2 is 2.10 bits per heavy atom. The van der Waals surface area contributed by atoms with Crippen molar-refractivity contribution in [3.63, 3.8) is 0 Å². The van der Waals surface area contributed by atoms with Crippen LogP contribution in [0.4, 0.5) is 5.00 Å². The molecule has 1 amide bonds. The topological polar surface area (TPSA) is 113 Å². The maximum absolute atomic E-state index is 12.5. The van der Waals surface area contributed by atoms with E-state index in [9.17, 15) is 9.59 Å². The molecule has 5 rings (SSSR count). The molecule has 0 unspecified atom stereocenters. The zero-order chi connectivity index (χ0) is 21.4. The average Bonchev–Trinajstić information content (AvgIpc) is 3.54. The first-order chi connectivity index (χ1) is 15.1. The van der Waals surface area contributed by atoms with Gasteiger partial charge in [-0.3, -0.25) is 4.79 Å². The molecule has 1 aliphatic carbocycles. The molecular formula is C20H17N3O6S2. The van der Waals surface area contributed by atoms with Gasteiger partial charge in [0.1, 0.15) is 5.00 Å². The number of aromatic nitrogens is 2. The van der Waals surface area contributed by atoms with Crippen molar-refractivity contribution >= 4 is 40.0 Å². The predicted molar refractivity (Wildman–Crippen MR) is 113 cm³/mol. The number of thioether (sulfide) groups is 1. The van der Waals surface area contributed by atoms with Crippen LogP contribution in [0.1, 0.15) is 27.2 Å².